The van der Waals surface area contributed by atoms with Gasteiger partial charge in [-0.3, -0.25) is 9.80 Å². The van der Waals surface area contributed by atoms with E-state index in [1.165, 1.54) is 38.8 Å². The average molecular weight is 301 g/mol. The molecule has 0 spiro atoms. The third kappa shape index (κ3) is 2.96. The second-order valence-corrected chi connectivity index (χ2v) is 6.43. The number of nitrogens with zero attached hydrogens (tertiary/aromatic N) is 3. The predicted molar refractivity (Wildman–Crippen MR) is 83.3 cm³/mol. The fraction of sp³-hybridized carbons (Fsp3) is 0.588. The van der Waals surface area contributed by atoms with Crippen LogP contribution in [0.2, 0.25) is 0 Å². The fourth-order valence-electron chi connectivity index (χ4n) is 3.73. The van der Waals surface area contributed by atoms with E-state index in [4.69, 9.17) is 8.94 Å². The number of hydrogen-bond acceptors (Lipinski definition) is 5. The standard InChI is InChI=1S/C17H23N3O2/c1-2-9-20(8-1)15-5-3-7-19(13-15)12-14-11-17(22-18-14)16-6-4-10-21-16/h4,6,10-11,15H,1-3,5,7-9,12-13H2/t15-/m0/s1. The molecule has 0 amide bonds. The Labute approximate surface area is 130 Å². The van der Waals surface area contributed by atoms with E-state index in [2.05, 4.69) is 15.0 Å². The van der Waals surface area contributed by atoms with E-state index in [1.54, 1.807) is 6.26 Å². The van der Waals surface area contributed by atoms with Crippen LogP contribution in [0.4, 0.5) is 0 Å². The summed E-state index contributed by atoms with van der Waals surface area (Å²) in [5.74, 6) is 1.46. The van der Waals surface area contributed by atoms with Crippen LogP contribution in [0, 0.1) is 0 Å². The van der Waals surface area contributed by atoms with Crippen LogP contribution in [0.1, 0.15) is 31.4 Å². The second-order valence-electron chi connectivity index (χ2n) is 6.43. The second kappa shape index (κ2) is 6.26. The van der Waals surface area contributed by atoms with Gasteiger partial charge in [-0.15, -0.1) is 0 Å². The summed E-state index contributed by atoms with van der Waals surface area (Å²) in [4.78, 5) is 5.18. The summed E-state index contributed by atoms with van der Waals surface area (Å²) in [5.41, 5.74) is 0.994. The molecule has 5 heteroatoms. The molecule has 2 fully saturated rings. The van der Waals surface area contributed by atoms with Gasteiger partial charge in [0.05, 0.1) is 12.0 Å². The summed E-state index contributed by atoms with van der Waals surface area (Å²) >= 11 is 0. The minimum atomic E-state index is 0.716. The highest BCUT2D eigenvalue weighted by Crippen LogP contribution is 2.24. The molecule has 0 bridgehead atoms. The van der Waals surface area contributed by atoms with Crippen LogP contribution in [-0.4, -0.2) is 47.2 Å². The molecule has 2 aromatic heterocycles. The lowest BCUT2D eigenvalue weighted by Gasteiger charge is -2.37. The van der Waals surface area contributed by atoms with Gasteiger partial charge in [-0.25, -0.2) is 0 Å². The molecule has 2 aromatic rings. The van der Waals surface area contributed by atoms with Crippen LogP contribution in [-0.2, 0) is 6.54 Å². The Balaban J connectivity index is 1.38. The smallest absolute Gasteiger partial charge is 0.202 e. The number of aromatic nitrogens is 1. The number of likely N-dealkylation sites (tertiary alicyclic amines) is 2. The van der Waals surface area contributed by atoms with Crippen molar-refractivity contribution in [3.05, 3.63) is 30.2 Å². The summed E-state index contributed by atoms with van der Waals surface area (Å²) in [6, 6.07) is 6.49. The van der Waals surface area contributed by atoms with Crippen LogP contribution in [0.25, 0.3) is 11.5 Å². The highest BCUT2D eigenvalue weighted by Gasteiger charge is 2.27. The summed E-state index contributed by atoms with van der Waals surface area (Å²) in [5, 5.41) is 4.20. The Hall–Kier alpha value is -1.59. The molecular weight excluding hydrogens is 278 g/mol. The van der Waals surface area contributed by atoms with Gasteiger partial charge in [-0.2, -0.15) is 0 Å². The maximum absolute atomic E-state index is 5.40. The van der Waals surface area contributed by atoms with Crippen molar-refractivity contribution >= 4 is 0 Å². The molecule has 2 saturated heterocycles. The van der Waals surface area contributed by atoms with Crippen LogP contribution in [0.3, 0.4) is 0 Å². The Morgan fingerprint density at radius 2 is 2.05 bits per heavy atom. The van der Waals surface area contributed by atoms with Crippen molar-refractivity contribution in [2.75, 3.05) is 26.2 Å². The molecule has 0 N–H and O–H groups in total. The average Bonchev–Trinajstić information content (AvgIpc) is 3.29. The van der Waals surface area contributed by atoms with Crippen molar-refractivity contribution in [2.45, 2.75) is 38.3 Å². The highest BCUT2D eigenvalue weighted by molar-refractivity contribution is 5.49. The Bertz CT molecular complexity index is 587. The summed E-state index contributed by atoms with van der Waals surface area (Å²) < 4.78 is 10.7. The molecule has 0 aliphatic carbocycles. The molecule has 5 nitrogen and oxygen atoms in total. The van der Waals surface area contributed by atoms with E-state index in [0.717, 1.165) is 37.1 Å². The zero-order valence-corrected chi connectivity index (χ0v) is 12.9. The van der Waals surface area contributed by atoms with Crippen molar-refractivity contribution in [1.29, 1.82) is 0 Å². The molecule has 0 radical (unpaired) electrons. The Morgan fingerprint density at radius 3 is 2.86 bits per heavy atom. The lowest BCUT2D eigenvalue weighted by molar-refractivity contribution is 0.109. The largest absolute Gasteiger partial charge is 0.461 e. The quantitative estimate of drug-likeness (QED) is 0.868. The monoisotopic (exact) mass is 301 g/mol. The molecule has 1 atom stereocenters. The van der Waals surface area contributed by atoms with Crippen molar-refractivity contribution in [1.82, 2.24) is 15.0 Å². The lowest BCUT2D eigenvalue weighted by atomic mass is 10.0. The molecule has 2 aliphatic heterocycles. The van der Waals surface area contributed by atoms with Gasteiger partial charge in [0.25, 0.3) is 0 Å². The lowest BCUT2D eigenvalue weighted by Crippen LogP contribution is -2.46. The first-order valence-electron chi connectivity index (χ1n) is 8.34. The van der Waals surface area contributed by atoms with Crippen LogP contribution in [0.15, 0.2) is 33.4 Å². The number of furan rings is 1. The molecule has 4 heterocycles. The molecule has 22 heavy (non-hydrogen) atoms. The fourth-order valence-corrected chi connectivity index (χ4v) is 3.73. The maximum Gasteiger partial charge on any atom is 0.202 e. The van der Waals surface area contributed by atoms with Crippen LogP contribution < -0.4 is 0 Å². The Kier molecular flexibility index (Phi) is 3.99. The maximum atomic E-state index is 5.40. The van der Waals surface area contributed by atoms with Gasteiger partial charge in [0, 0.05) is 25.2 Å². The third-order valence-electron chi connectivity index (χ3n) is 4.85. The van der Waals surface area contributed by atoms with Gasteiger partial charge < -0.3 is 8.94 Å². The minimum Gasteiger partial charge on any atom is -0.461 e. The van der Waals surface area contributed by atoms with Crippen molar-refractivity contribution < 1.29 is 8.94 Å². The number of rotatable bonds is 4. The van der Waals surface area contributed by atoms with Crippen molar-refractivity contribution in [2.24, 2.45) is 0 Å². The molecule has 118 valence electrons. The molecule has 0 saturated carbocycles. The zero-order valence-electron chi connectivity index (χ0n) is 12.9. The first-order chi connectivity index (χ1) is 10.9. The van der Waals surface area contributed by atoms with E-state index in [0.29, 0.717) is 5.76 Å². The zero-order chi connectivity index (χ0) is 14.8. The number of hydrogen-bond donors (Lipinski definition) is 0. The topological polar surface area (TPSA) is 45.7 Å². The summed E-state index contributed by atoms with van der Waals surface area (Å²) in [7, 11) is 0. The van der Waals surface area contributed by atoms with E-state index < -0.39 is 0 Å². The van der Waals surface area contributed by atoms with Crippen LogP contribution in [0.5, 0.6) is 0 Å². The summed E-state index contributed by atoms with van der Waals surface area (Å²) in [6.45, 7) is 5.75. The predicted octanol–water partition coefficient (Wildman–Crippen LogP) is 2.99. The van der Waals surface area contributed by atoms with Crippen LogP contribution >= 0.6 is 0 Å². The minimum absolute atomic E-state index is 0.716. The van der Waals surface area contributed by atoms with Gasteiger partial charge in [0.15, 0.2) is 5.76 Å². The molecule has 0 aromatic carbocycles. The first kappa shape index (κ1) is 14.0. The van der Waals surface area contributed by atoms with E-state index in [9.17, 15) is 0 Å². The van der Waals surface area contributed by atoms with Gasteiger partial charge >= 0.3 is 0 Å². The third-order valence-corrected chi connectivity index (χ3v) is 4.85. The highest BCUT2D eigenvalue weighted by atomic mass is 16.5. The number of piperidine rings is 1. The van der Waals surface area contributed by atoms with E-state index in [1.807, 2.05) is 18.2 Å². The molecular formula is C17H23N3O2. The van der Waals surface area contributed by atoms with Gasteiger partial charge in [-0.1, -0.05) is 5.16 Å². The van der Waals surface area contributed by atoms with E-state index >= 15 is 0 Å². The molecule has 2 aliphatic rings. The van der Waals surface area contributed by atoms with Gasteiger partial charge in [-0.05, 0) is 57.5 Å². The molecule has 4 rings (SSSR count). The summed E-state index contributed by atoms with van der Waals surface area (Å²) in [6.07, 6.45) is 7.01. The van der Waals surface area contributed by atoms with Crippen molar-refractivity contribution in [3.8, 4) is 11.5 Å². The molecule has 0 unspecified atom stereocenters. The van der Waals surface area contributed by atoms with Gasteiger partial charge in [0.2, 0.25) is 5.76 Å². The first-order valence-corrected chi connectivity index (χ1v) is 8.34. The SMILES string of the molecule is c1coc(-c2cc(CN3CCC[C@H](N4CCCC4)C3)no2)c1. The van der Waals surface area contributed by atoms with Crippen molar-refractivity contribution in [3.63, 3.8) is 0 Å². The van der Waals surface area contributed by atoms with Gasteiger partial charge in [0.1, 0.15) is 0 Å². The Morgan fingerprint density at radius 1 is 1.14 bits per heavy atom. The van der Waals surface area contributed by atoms with E-state index in [-0.39, 0.29) is 0 Å². The normalized spacial score (nSPS) is 24.1.